The molecule has 0 rings (SSSR count). The van der Waals surface area contributed by atoms with Crippen LogP contribution in [0.2, 0.25) is 0 Å². The van der Waals surface area contributed by atoms with E-state index in [2.05, 4.69) is 0 Å². The molecular weight excluding hydrogens is 421 g/mol. The standard InChI is InChI=1S/2ClH.4Cu.6H2O/h2*1H;;;;;6*1H2/p-8. The first kappa shape index (κ1) is 444. The zero-order valence-electron chi connectivity index (χ0n) is 4.65. The average Bonchev–Trinajstić information content (AvgIpc) is 0. The van der Waals surface area contributed by atoms with Crippen molar-refractivity contribution in [3.05, 3.63) is 0 Å². The van der Waals surface area contributed by atoms with Gasteiger partial charge in [-0.25, -0.2) is 0 Å². The molecule has 12 heteroatoms. The minimum atomic E-state index is 0. The van der Waals surface area contributed by atoms with Crippen molar-refractivity contribution in [2.45, 2.75) is 0 Å². The van der Waals surface area contributed by atoms with Crippen LogP contribution in [0.3, 0.4) is 0 Å². The molecule has 6 nitrogen and oxygen atoms in total. The van der Waals surface area contributed by atoms with E-state index in [1.807, 2.05) is 0 Å². The van der Waals surface area contributed by atoms with Gasteiger partial charge in [0.1, 0.15) is 0 Å². The summed E-state index contributed by atoms with van der Waals surface area (Å²) in [6.45, 7) is 0. The third kappa shape index (κ3) is 277. The van der Waals surface area contributed by atoms with Gasteiger partial charge in [0.25, 0.3) is 0 Å². The van der Waals surface area contributed by atoms with Crippen molar-refractivity contribution >= 4 is 0 Å². The van der Waals surface area contributed by atoms with Gasteiger partial charge in [0.2, 0.25) is 0 Å². The molecule has 0 aliphatic rings. The van der Waals surface area contributed by atoms with E-state index < -0.39 is 0 Å². The van der Waals surface area contributed by atoms with Crippen LogP contribution < -0.4 is 24.8 Å². The summed E-state index contributed by atoms with van der Waals surface area (Å²) in [6.07, 6.45) is 0. The van der Waals surface area contributed by atoms with Gasteiger partial charge in [0, 0.05) is 68.3 Å². The fourth-order valence-corrected chi connectivity index (χ4v) is 0. The predicted molar refractivity (Wildman–Crippen MR) is 11.6 cm³/mol. The molecule has 6 N–H and O–H groups in total. The monoisotopic (exact) mass is 424 g/mol. The quantitative estimate of drug-likeness (QED) is 0.346. The van der Waals surface area contributed by atoms with E-state index in [4.69, 9.17) is 0 Å². The molecule has 12 heavy (non-hydrogen) atoms. The third-order valence-electron chi connectivity index (χ3n) is 0. The predicted octanol–water partition coefficient (Wildman–Crippen LogP) is -7.06. The topological polar surface area (TPSA) is 180 Å². The van der Waals surface area contributed by atoms with Gasteiger partial charge >= 0.3 is 0 Å². The Balaban J connectivity index is 0. The summed E-state index contributed by atoms with van der Waals surface area (Å²) < 4.78 is 0. The second-order valence-corrected chi connectivity index (χ2v) is 0. The van der Waals surface area contributed by atoms with Crippen LogP contribution in [0.1, 0.15) is 0 Å². The van der Waals surface area contributed by atoms with Crippen LogP contribution in [0.25, 0.3) is 0 Å². The van der Waals surface area contributed by atoms with Gasteiger partial charge < -0.3 is 57.7 Å². The van der Waals surface area contributed by atoms with Crippen LogP contribution in [0.15, 0.2) is 0 Å². The first-order valence-corrected chi connectivity index (χ1v) is 0. The molecule has 0 saturated carbocycles. The molecule has 108 valence electrons. The van der Waals surface area contributed by atoms with Crippen molar-refractivity contribution < 1.29 is 126 Å². The minimum Gasteiger partial charge on any atom is -1.00 e. The fraction of sp³-hybridized carbons (Fsp3) is 0. The molecule has 0 bridgehead atoms. The SMILES string of the molecule is [Cl-].[Cl-].[Cu].[Cu].[Cu].[Cu].[OH-].[OH-].[OH-].[OH-].[OH-].[OH-]. The Morgan fingerprint density at radius 1 is 0.250 bits per heavy atom. The Labute approximate surface area is 125 Å². The van der Waals surface area contributed by atoms with Gasteiger partial charge in [-0.2, -0.15) is 0 Å². The largest absolute Gasteiger partial charge is 1.00 e. The number of rotatable bonds is 0. The zero-order chi connectivity index (χ0) is 0. The van der Waals surface area contributed by atoms with E-state index in [1.54, 1.807) is 0 Å². The fourth-order valence-electron chi connectivity index (χ4n) is 0. The van der Waals surface area contributed by atoms with E-state index >= 15 is 0 Å². The van der Waals surface area contributed by atoms with Crippen LogP contribution in [0, 0.1) is 0 Å². The van der Waals surface area contributed by atoms with Crippen molar-refractivity contribution in [3.63, 3.8) is 0 Å². The van der Waals surface area contributed by atoms with E-state index in [0.29, 0.717) is 0 Å². The van der Waals surface area contributed by atoms with Gasteiger partial charge in [-0.05, 0) is 0 Å². The van der Waals surface area contributed by atoms with Crippen LogP contribution in [0.5, 0.6) is 0 Å². The minimum absolute atomic E-state index is 0. The van der Waals surface area contributed by atoms with Crippen LogP contribution in [-0.4, -0.2) is 32.9 Å². The van der Waals surface area contributed by atoms with Crippen molar-refractivity contribution in [2.75, 3.05) is 0 Å². The maximum atomic E-state index is 0. The Bertz CT molecular complexity index is 17.5. The molecular formula is H6Cl2Cu4O6-8. The number of hydrogen-bond acceptors (Lipinski definition) is 6. The van der Waals surface area contributed by atoms with E-state index in [1.165, 1.54) is 0 Å². The van der Waals surface area contributed by atoms with Crippen molar-refractivity contribution in [1.29, 1.82) is 0 Å². The van der Waals surface area contributed by atoms with Crippen molar-refractivity contribution in [3.8, 4) is 0 Å². The summed E-state index contributed by atoms with van der Waals surface area (Å²) in [6, 6.07) is 0. The molecule has 0 saturated heterocycles. The molecule has 0 aliphatic heterocycles. The van der Waals surface area contributed by atoms with Crippen LogP contribution in [0.4, 0.5) is 0 Å². The maximum absolute atomic E-state index is 0. The molecule has 0 aliphatic carbocycles. The van der Waals surface area contributed by atoms with Crippen molar-refractivity contribution in [2.24, 2.45) is 0 Å². The summed E-state index contributed by atoms with van der Waals surface area (Å²) in [4.78, 5) is 0. The van der Waals surface area contributed by atoms with Crippen molar-refractivity contribution in [1.82, 2.24) is 0 Å². The normalized spacial score (nSPS) is 0. The Hall–Kier alpha value is 2.42. The Morgan fingerprint density at radius 3 is 0.250 bits per heavy atom. The molecule has 0 atom stereocenters. The summed E-state index contributed by atoms with van der Waals surface area (Å²) >= 11 is 0. The molecule has 0 aromatic carbocycles. The van der Waals surface area contributed by atoms with Gasteiger partial charge in [-0.15, -0.1) is 0 Å². The number of halogens is 2. The van der Waals surface area contributed by atoms with E-state index in [0.717, 1.165) is 0 Å². The molecule has 0 aromatic rings. The summed E-state index contributed by atoms with van der Waals surface area (Å²) in [5.74, 6) is 0. The molecule has 0 fully saturated rings. The maximum Gasteiger partial charge on any atom is 0 e. The molecule has 0 aromatic heterocycles. The smallest absolute Gasteiger partial charge is 0 e. The molecule has 4 radical (unpaired) electrons. The van der Waals surface area contributed by atoms with Crippen LogP contribution in [-0.2, 0) is 68.3 Å². The summed E-state index contributed by atoms with van der Waals surface area (Å²) in [5, 5.41) is 0. The molecule has 0 amide bonds. The van der Waals surface area contributed by atoms with E-state index in [9.17, 15) is 0 Å². The second-order valence-electron chi connectivity index (χ2n) is 0. The van der Waals surface area contributed by atoms with E-state index in [-0.39, 0.29) is 126 Å². The van der Waals surface area contributed by atoms with Gasteiger partial charge in [-0.3, -0.25) is 0 Å². The van der Waals surface area contributed by atoms with Crippen LogP contribution >= 0.6 is 0 Å². The summed E-state index contributed by atoms with van der Waals surface area (Å²) in [5.41, 5.74) is 0. The molecule has 0 unspecified atom stereocenters. The Kier molecular flexibility index (Phi) is 13100. The molecule has 0 spiro atoms. The average molecular weight is 427 g/mol. The second kappa shape index (κ2) is 354. The third-order valence-corrected chi connectivity index (χ3v) is 0. The van der Waals surface area contributed by atoms with Gasteiger partial charge in [0.15, 0.2) is 0 Å². The summed E-state index contributed by atoms with van der Waals surface area (Å²) in [7, 11) is 0. The van der Waals surface area contributed by atoms with Gasteiger partial charge in [0.05, 0.1) is 0 Å². The Morgan fingerprint density at radius 2 is 0.250 bits per heavy atom. The van der Waals surface area contributed by atoms with Gasteiger partial charge in [-0.1, -0.05) is 0 Å². The first-order chi connectivity index (χ1) is 0. The number of hydrogen-bond donors (Lipinski definition) is 0. The first-order valence-electron chi connectivity index (χ1n) is 0. The zero-order valence-corrected chi connectivity index (χ0v) is 9.92. The molecule has 0 heterocycles.